The summed E-state index contributed by atoms with van der Waals surface area (Å²) in [6.45, 7) is 8.08. The normalized spacial score (nSPS) is 11.3. The molecule has 0 radical (unpaired) electrons. The predicted molar refractivity (Wildman–Crippen MR) is 66.3 cm³/mol. The second-order valence-electron chi connectivity index (χ2n) is 4.71. The van der Waals surface area contributed by atoms with Gasteiger partial charge in [-0.3, -0.25) is 4.79 Å². The summed E-state index contributed by atoms with van der Waals surface area (Å²) in [5, 5.41) is 0. The van der Waals surface area contributed by atoms with Crippen LogP contribution in [-0.4, -0.2) is 12.9 Å². The molecule has 0 fully saturated rings. The number of hydrogen-bond acceptors (Lipinski definition) is 2. The molecule has 0 heterocycles. The van der Waals surface area contributed by atoms with Crippen molar-refractivity contribution < 1.29 is 9.53 Å². The third-order valence-corrected chi connectivity index (χ3v) is 3.24. The Morgan fingerprint density at radius 2 is 2.00 bits per heavy atom. The Bertz CT molecular complexity index is 392. The zero-order chi connectivity index (χ0) is 12.3. The maximum atomic E-state index is 11.5. The van der Waals surface area contributed by atoms with Crippen LogP contribution < -0.4 is 4.74 Å². The molecular formula is C14H20O2. The van der Waals surface area contributed by atoms with E-state index in [-0.39, 0.29) is 11.2 Å². The molecule has 0 aromatic heterocycles. The van der Waals surface area contributed by atoms with Crippen molar-refractivity contribution >= 4 is 5.78 Å². The zero-order valence-electron chi connectivity index (χ0n) is 10.8. The second kappa shape index (κ2) is 4.69. The first-order valence-corrected chi connectivity index (χ1v) is 5.62. The van der Waals surface area contributed by atoms with Crippen molar-refractivity contribution in [3.8, 4) is 5.75 Å². The lowest BCUT2D eigenvalue weighted by Crippen LogP contribution is -2.16. The molecule has 0 amide bonds. The molecule has 0 bridgehead atoms. The number of ether oxygens (including phenoxy) is 1. The van der Waals surface area contributed by atoms with Crippen LogP contribution in [-0.2, 0) is 5.41 Å². The van der Waals surface area contributed by atoms with E-state index in [1.807, 2.05) is 18.2 Å². The van der Waals surface area contributed by atoms with E-state index < -0.39 is 0 Å². The third-order valence-electron chi connectivity index (χ3n) is 3.24. The Morgan fingerprint density at radius 3 is 2.44 bits per heavy atom. The van der Waals surface area contributed by atoms with Crippen LogP contribution in [0.4, 0.5) is 0 Å². The van der Waals surface area contributed by atoms with Crippen molar-refractivity contribution in [2.24, 2.45) is 0 Å². The Kier molecular flexibility index (Phi) is 3.74. The first-order chi connectivity index (χ1) is 7.42. The summed E-state index contributed by atoms with van der Waals surface area (Å²) in [6, 6.07) is 5.86. The van der Waals surface area contributed by atoms with Gasteiger partial charge >= 0.3 is 0 Å². The van der Waals surface area contributed by atoms with Crippen LogP contribution in [0, 0.1) is 0 Å². The van der Waals surface area contributed by atoms with Gasteiger partial charge in [0.25, 0.3) is 0 Å². The van der Waals surface area contributed by atoms with E-state index in [0.717, 1.165) is 6.42 Å². The van der Waals surface area contributed by atoms with Crippen molar-refractivity contribution in [2.45, 2.75) is 39.5 Å². The molecule has 0 aliphatic heterocycles. The van der Waals surface area contributed by atoms with E-state index in [2.05, 4.69) is 20.8 Å². The molecule has 1 aromatic carbocycles. The van der Waals surface area contributed by atoms with Gasteiger partial charge in [0.15, 0.2) is 5.78 Å². The quantitative estimate of drug-likeness (QED) is 0.725. The van der Waals surface area contributed by atoms with E-state index in [1.54, 1.807) is 14.0 Å². The molecule has 0 saturated heterocycles. The number of benzene rings is 1. The average molecular weight is 220 g/mol. The number of Topliss-reactive ketones (excluding diaryl/α,β-unsaturated/α-hetero) is 1. The van der Waals surface area contributed by atoms with Gasteiger partial charge in [0.1, 0.15) is 5.75 Å². The Morgan fingerprint density at radius 1 is 1.38 bits per heavy atom. The van der Waals surface area contributed by atoms with Gasteiger partial charge in [0, 0.05) is 0 Å². The standard InChI is InChI=1S/C14H20O2/c1-6-14(3,4)11-7-8-13(16-5)12(9-11)10(2)15/h7-9H,6H2,1-5H3. The van der Waals surface area contributed by atoms with Crippen LogP contribution >= 0.6 is 0 Å². The van der Waals surface area contributed by atoms with Crippen LogP contribution in [0.15, 0.2) is 18.2 Å². The van der Waals surface area contributed by atoms with Gasteiger partial charge in [-0.15, -0.1) is 0 Å². The summed E-state index contributed by atoms with van der Waals surface area (Å²) in [5.74, 6) is 0.703. The zero-order valence-corrected chi connectivity index (χ0v) is 10.8. The Hall–Kier alpha value is -1.31. The Balaban J connectivity index is 3.27. The minimum absolute atomic E-state index is 0.0469. The van der Waals surface area contributed by atoms with Crippen molar-refractivity contribution in [1.29, 1.82) is 0 Å². The molecule has 0 unspecified atom stereocenters. The summed E-state index contributed by atoms with van der Waals surface area (Å²) in [7, 11) is 1.59. The molecule has 0 atom stereocenters. The average Bonchev–Trinajstić information content (AvgIpc) is 2.28. The molecule has 0 spiro atoms. The maximum Gasteiger partial charge on any atom is 0.163 e. The first-order valence-electron chi connectivity index (χ1n) is 5.62. The minimum Gasteiger partial charge on any atom is -0.496 e. The second-order valence-corrected chi connectivity index (χ2v) is 4.71. The fraction of sp³-hybridized carbons (Fsp3) is 0.500. The molecule has 0 N–H and O–H groups in total. The fourth-order valence-corrected chi connectivity index (χ4v) is 1.61. The van der Waals surface area contributed by atoms with Crippen molar-refractivity contribution in [3.63, 3.8) is 0 Å². The van der Waals surface area contributed by atoms with Crippen LogP contribution in [0.2, 0.25) is 0 Å². The van der Waals surface area contributed by atoms with Gasteiger partial charge in [0.2, 0.25) is 0 Å². The summed E-state index contributed by atoms with van der Waals surface area (Å²) in [5.41, 5.74) is 1.94. The molecule has 88 valence electrons. The van der Waals surface area contributed by atoms with Crippen molar-refractivity contribution in [3.05, 3.63) is 29.3 Å². The van der Waals surface area contributed by atoms with Crippen molar-refractivity contribution in [2.75, 3.05) is 7.11 Å². The molecule has 0 saturated carbocycles. The number of ketones is 1. The highest BCUT2D eigenvalue weighted by Crippen LogP contribution is 2.30. The molecule has 1 rings (SSSR count). The monoisotopic (exact) mass is 220 g/mol. The minimum atomic E-state index is 0.0469. The lowest BCUT2D eigenvalue weighted by molar-refractivity contribution is 0.101. The molecular weight excluding hydrogens is 200 g/mol. The molecule has 1 aromatic rings. The number of methoxy groups -OCH3 is 1. The van der Waals surface area contributed by atoms with Crippen LogP contribution in [0.25, 0.3) is 0 Å². The molecule has 0 aliphatic rings. The van der Waals surface area contributed by atoms with Crippen LogP contribution in [0.1, 0.15) is 50.0 Å². The predicted octanol–water partition coefficient (Wildman–Crippen LogP) is 3.59. The van der Waals surface area contributed by atoms with E-state index in [4.69, 9.17) is 4.74 Å². The topological polar surface area (TPSA) is 26.3 Å². The lowest BCUT2D eigenvalue weighted by atomic mass is 9.81. The van der Waals surface area contributed by atoms with Crippen molar-refractivity contribution in [1.82, 2.24) is 0 Å². The van der Waals surface area contributed by atoms with Crippen LogP contribution in [0.5, 0.6) is 5.75 Å². The molecule has 0 aliphatic carbocycles. The van der Waals surface area contributed by atoms with E-state index >= 15 is 0 Å². The first kappa shape index (κ1) is 12.8. The number of rotatable bonds is 4. The summed E-state index contributed by atoms with van der Waals surface area (Å²) >= 11 is 0. The third kappa shape index (κ3) is 2.43. The van der Waals surface area contributed by atoms with E-state index in [0.29, 0.717) is 11.3 Å². The Labute approximate surface area is 97.6 Å². The smallest absolute Gasteiger partial charge is 0.163 e. The van der Waals surface area contributed by atoms with Gasteiger partial charge in [-0.1, -0.05) is 26.8 Å². The highest BCUT2D eigenvalue weighted by Gasteiger charge is 2.20. The van der Waals surface area contributed by atoms with Crippen LogP contribution in [0.3, 0.4) is 0 Å². The lowest BCUT2D eigenvalue weighted by Gasteiger charge is -2.24. The SMILES string of the molecule is CCC(C)(C)c1ccc(OC)c(C(C)=O)c1. The summed E-state index contributed by atoms with van der Waals surface area (Å²) in [6.07, 6.45) is 1.04. The highest BCUT2D eigenvalue weighted by atomic mass is 16.5. The van der Waals surface area contributed by atoms with Gasteiger partial charge in [-0.25, -0.2) is 0 Å². The van der Waals surface area contributed by atoms with Gasteiger partial charge in [-0.05, 0) is 36.5 Å². The fourth-order valence-electron chi connectivity index (χ4n) is 1.61. The van der Waals surface area contributed by atoms with Gasteiger partial charge < -0.3 is 4.74 Å². The highest BCUT2D eigenvalue weighted by molar-refractivity contribution is 5.97. The van der Waals surface area contributed by atoms with Gasteiger partial charge in [-0.2, -0.15) is 0 Å². The summed E-state index contributed by atoms with van der Waals surface area (Å²) in [4.78, 5) is 11.5. The number of hydrogen-bond donors (Lipinski definition) is 0. The number of carbonyl (C=O) groups is 1. The molecule has 2 nitrogen and oxygen atoms in total. The molecule has 2 heteroatoms. The maximum absolute atomic E-state index is 11.5. The van der Waals surface area contributed by atoms with E-state index in [9.17, 15) is 4.79 Å². The van der Waals surface area contributed by atoms with E-state index in [1.165, 1.54) is 5.56 Å². The van der Waals surface area contributed by atoms with Gasteiger partial charge in [0.05, 0.1) is 12.7 Å². The molecule has 16 heavy (non-hydrogen) atoms. The largest absolute Gasteiger partial charge is 0.496 e. The summed E-state index contributed by atoms with van der Waals surface area (Å²) < 4.78 is 5.19. The number of carbonyl (C=O) groups excluding carboxylic acids is 1.